The topological polar surface area (TPSA) is 32.3 Å². The van der Waals surface area contributed by atoms with Crippen molar-refractivity contribution >= 4 is 5.91 Å². The minimum absolute atomic E-state index is 0.0346. The molecule has 0 aromatic heterocycles. The number of allylic oxidation sites excluding steroid dienone is 3. The summed E-state index contributed by atoms with van der Waals surface area (Å²) in [6.07, 6.45) is 10.4. The van der Waals surface area contributed by atoms with E-state index in [0.717, 1.165) is 37.9 Å². The number of hydrogen-bond donors (Lipinski definition) is 1. The molecule has 0 bridgehead atoms. The standard InChI is InChI=1S/C15H24N2O/c1-4-6-7-8-13(5-2)15(18)16-14-9-11-17(3)12-10-14/h4-5,7-8,14H,1,6,9-12H2,2-3H3,(H,16,18)/b8-7?,13-5+. The van der Waals surface area contributed by atoms with Gasteiger partial charge >= 0.3 is 0 Å². The lowest BCUT2D eigenvalue weighted by Crippen LogP contribution is -2.43. The van der Waals surface area contributed by atoms with Crippen LogP contribution in [0.25, 0.3) is 0 Å². The molecule has 1 fully saturated rings. The van der Waals surface area contributed by atoms with E-state index in [1.807, 2.05) is 31.2 Å². The van der Waals surface area contributed by atoms with Gasteiger partial charge in [-0.2, -0.15) is 0 Å². The Morgan fingerprint density at radius 1 is 1.44 bits per heavy atom. The first-order valence-corrected chi connectivity index (χ1v) is 6.60. The number of rotatable bonds is 5. The van der Waals surface area contributed by atoms with Gasteiger partial charge in [0.1, 0.15) is 0 Å². The van der Waals surface area contributed by atoms with Crippen molar-refractivity contribution in [3.05, 3.63) is 36.5 Å². The first-order chi connectivity index (χ1) is 8.67. The molecule has 3 heteroatoms. The molecule has 1 aliphatic heterocycles. The van der Waals surface area contributed by atoms with Gasteiger partial charge in [-0.1, -0.05) is 24.3 Å². The second-order valence-electron chi connectivity index (χ2n) is 4.72. The minimum Gasteiger partial charge on any atom is -0.349 e. The molecule has 1 rings (SSSR count). The zero-order valence-electron chi connectivity index (χ0n) is 11.5. The first kappa shape index (κ1) is 14.7. The lowest BCUT2D eigenvalue weighted by atomic mass is 10.0. The van der Waals surface area contributed by atoms with Crippen LogP contribution in [-0.4, -0.2) is 37.0 Å². The molecule has 0 aliphatic carbocycles. The van der Waals surface area contributed by atoms with Gasteiger partial charge in [0.05, 0.1) is 0 Å². The third kappa shape index (κ3) is 4.88. The Morgan fingerprint density at radius 3 is 2.67 bits per heavy atom. The molecule has 1 saturated heterocycles. The fourth-order valence-electron chi connectivity index (χ4n) is 2.02. The summed E-state index contributed by atoms with van der Waals surface area (Å²) in [5, 5.41) is 3.11. The van der Waals surface area contributed by atoms with Gasteiger partial charge in [0.2, 0.25) is 0 Å². The van der Waals surface area contributed by atoms with Gasteiger partial charge < -0.3 is 10.2 Å². The number of nitrogens with one attached hydrogen (secondary N) is 1. The highest BCUT2D eigenvalue weighted by molar-refractivity contribution is 5.96. The maximum Gasteiger partial charge on any atom is 0.251 e. The third-order valence-corrected chi connectivity index (χ3v) is 3.23. The highest BCUT2D eigenvalue weighted by atomic mass is 16.1. The largest absolute Gasteiger partial charge is 0.349 e. The molecule has 0 unspecified atom stereocenters. The van der Waals surface area contributed by atoms with Crippen LogP contribution in [-0.2, 0) is 4.79 Å². The fraction of sp³-hybridized carbons (Fsp3) is 0.533. The number of nitrogens with zero attached hydrogens (tertiary/aromatic N) is 1. The van der Waals surface area contributed by atoms with Crippen LogP contribution in [0.3, 0.4) is 0 Å². The predicted molar refractivity (Wildman–Crippen MR) is 76.4 cm³/mol. The van der Waals surface area contributed by atoms with Gasteiger partial charge in [-0.15, -0.1) is 6.58 Å². The summed E-state index contributed by atoms with van der Waals surface area (Å²) in [5.41, 5.74) is 0.732. The van der Waals surface area contributed by atoms with Crippen LogP contribution < -0.4 is 5.32 Å². The van der Waals surface area contributed by atoms with Gasteiger partial charge in [0.25, 0.3) is 5.91 Å². The number of likely N-dealkylation sites (tertiary alicyclic amines) is 1. The fourth-order valence-corrected chi connectivity index (χ4v) is 2.02. The van der Waals surface area contributed by atoms with E-state index < -0.39 is 0 Å². The van der Waals surface area contributed by atoms with Crippen LogP contribution in [0.2, 0.25) is 0 Å². The Balaban J connectivity index is 2.45. The molecular weight excluding hydrogens is 224 g/mol. The Hall–Kier alpha value is -1.35. The summed E-state index contributed by atoms with van der Waals surface area (Å²) in [6.45, 7) is 7.66. The predicted octanol–water partition coefficient (Wildman–Crippen LogP) is 2.28. The van der Waals surface area contributed by atoms with E-state index in [1.165, 1.54) is 0 Å². The van der Waals surface area contributed by atoms with E-state index >= 15 is 0 Å². The molecule has 3 nitrogen and oxygen atoms in total. The quantitative estimate of drug-likeness (QED) is 0.460. The Labute approximate surface area is 110 Å². The summed E-state index contributed by atoms with van der Waals surface area (Å²) in [4.78, 5) is 14.3. The molecular formula is C15H24N2O. The highest BCUT2D eigenvalue weighted by Crippen LogP contribution is 2.09. The van der Waals surface area contributed by atoms with E-state index in [-0.39, 0.29) is 5.91 Å². The van der Waals surface area contributed by atoms with Crippen molar-refractivity contribution in [3.8, 4) is 0 Å². The van der Waals surface area contributed by atoms with Crippen LogP contribution in [0.4, 0.5) is 0 Å². The lowest BCUT2D eigenvalue weighted by molar-refractivity contribution is -0.118. The maximum atomic E-state index is 12.0. The smallest absolute Gasteiger partial charge is 0.251 e. The molecule has 1 N–H and O–H groups in total. The first-order valence-electron chi connectivity index (χ1n) is 6.60. The van der Waals surface area contributed by atoms with Crippen molar-refractivity contribution in [2.24, 2.45) is 0 Å². The van der Waals surface area contributed by atoms with Crippen molar-refractivity contribution < 1.29 is 4.79 Å². The maximum absolute atomic E-state index is 12.0. The van der Waals surface area contributed by atoms with Crippen molar-refractivity contribution in [2.45, 2.75) is 32.2 Å². The van der Waals surface area contributed by atoms with E-state index in [2.05, 4.69) is 23.8 Å². The summed E-state index contributed by atoms with van der Waals surface area (Å²) < 4.78 is 0. The molecule has 1 heterocycles. The monoisotopic (exact) mass is 248 g/mol. The molecule has 0 atom stereocenters. The summed E-state index contributed by atoms with van der Waals surface area (Å²) >= 11 is 0. The zero-order valence-corrected chi connectivity index (χ0v) is 11.5. The lowest BCUT2D eigenvalue weighted by Gasteiger charge is -2.29. The molecule has 0 aromatic carbocycles. The average molecular weight is 248 g/mol. The van der Waals surface area contributed by atoms with Gasteiger partial charge in [-0.05, 0) is 46.3 Å². The molecule has 0 aromatic rings. The number of hydrogen-bond acceptors (Lipinski definition) is 2. The molecule has 1 aliphatic rings. The number of amides is 1. The summed E-state index contributed by atoms with van der Waals surface area (Å²) in [6, 6.07) is 0.316. The van der Waals surface area contributed by atoms with Crippen molar-refractivity contribution in [3.63, 3.8) is 0 Å². The van der Waals surface area contributed by atoms with Crippen LogP contribution >= 0.6 is 0 Å². The van der Waals surface area contributed by atoms with Crippen molar-refractivity contribution in [2.75, 3.05) is 20.1 Å². The van der Waals surface area contributed by atoms with Gasteiger partial charge in [0.15, 0.2) is 0 Å². The van der Waals surface area contributed by atoms with Crippen LogP contribution in [0.15, 0.2) is 36.5 Å². The molecule has 0 saturated carbocycles. The molecule has 0 radical (unpaired) electrons. The van der Waals surface area contributed by atoms with Crippen LogP contribution in [0.5, 0.6) is 0 Å². The Kier molecular flexibility index (Phi) is 6.44. The summed E-state index contributed by atoms with van der Waals surface area (Å²) in [5.74, 6) is 0.0346. The van der Waals surface area contributed by atoms with E-state index in [4.69, 9.17) is 0 Å². The van der Waals surface area contributed by atoms with E-state index in [1.54, 1.807) is 0 Å². The molecule has 18 heavy (non-hydrogen) atoms. The minimum atomic E-state index is 0.0346. The van der Waals surface area contributed by atoms with Gasteiger partial charge in [0, 0.05) is 11.6 Å². The highest BCUT2D eigenvalue weighted by Gasteiger charge is 2.18. The van der Waals surface area contributed by atoms with Crippen molar-refractivity contribution in [1.82, 2.24) is 10.2 Å². The van der Waals surface area contributed by atoms with Gasteiger partial charge in [-0.25, -0.2) is 0 Å². The molecule has 100 valence electrons. The molecule has 1 amide bonds. The van der Waals surface area contributed by atoms with Crippen LogP contribution in [0, 0.1) is 0 Å². The second kappa shape index (κ2) is 7.88. The number of piperidine rings is 1. The second-order valence-corrected chi connectivity index (χ2v) is 4.72. The Morgan fingerprint density at radius 2 is 2.11 bits per heavy atom. The van der Waals surface area contributed by atoms with E-state index in [0.29, 0.717) is 6.04 Å². The molecule has 0 spiro atoms. The SMILES string of the molecule is C=CCC=C/C(=C\C)C(=O)NC1CCN(C)CC1. The van der Waals surface area contributed by atoms with Crippen LogP contribution in [0.1, 0.15) is 26.2 Å². The van der Waals surface area contributed by atoms with Crippen molar-refractivity contribution in [1.29, 1.82) is 0 Å². The summed E-state index contributed by atoms with van der Waals surface area (Å²) in [7, 11) is 2.12. The zero-order chi connectivity index (χ0) is 13.4. The normalized spacial score (nSPS) is 19.1. The van der Waals surface area contributed by atoms with E-state index in [9.17, 15) is 4.79 Å². The average Bonchev–Trinajstić information content (AvgIpc) is 2.37. The number of carbonyl (C=O) groups excluding carboxylic acids is 1. The van der Waals surface area contributed by atoms with Gasteiger partial charge in [-0.3, -0.25) is 4.79 Å². The third-order valence-electron chi connectivity index (χ3n) is 3.23. The number of carbonyl (C=O) groups is 1. The Bertz CT molecular complexity index is 336.